The number of anilines is 1. The average molecular weight is 423 g/mol. The Kier molecular flexibility index (Phi) is 5.29. The van der Waals surface area contributed by atoms with Crippen molar-refractivity contribution in [2.45, 2.75) is 12.8 Å². The lowest BCUT2D eigenvalue weighted by atomic mass is 9.94. The number of hydrogen-bond acceptors (Lipinski definition) is 2. The van der Waals surface area contributed by atoms with Gasteiger partial charge in [0.05, 0.1) is 6.26 Å². The van der Waals surface area contributed by atoms with Gasteiger partial charge < -0.3 is 0 Å². The highest BCUT2D eigenvalue weighted by Crippen LogP contribution is 2.35. The van der Waals surface area contributed by atoms with Crippen LogP contribution < -0.4 is 4.72 Å². The molecule has 1 aliphatic carbocycles. The Morgan fingerprint density at radius 3 is 2.53 bits per heavy atom. The highest BCUT2D eigenvalue weighted by atomic mass is 32.2. The van der Waals surface area contributed by atoms with Gasteiger partial charge in [-0.15, -0.1) is 5.73 Å². The molecule has 0 radical (unpaired) electrons. The molecule has 0 fully saturated rings. The van der Waals surface area contributed by atoms with Crippen LogP contribution in [0.1, 0.15) is 27.8 Å². The van der Waals surface area contributed by atoms with Crippen LogP contribution in [-0.4, -0.2) is 14.7 Å². The van der Waals surface area contributed by atoms with E-state index < -0.39 is 21.7 Å². The summed E-state index contributed by atoms with van der Waals surface area (Å²) in [6.07, 6.45) is 3.96. The topological polar surface area (TPSA) is 46.2 Å². The first-order valence-electron chi connectivity index (χ1n) is 9.41. The quantitative estimate of drug-likeness (QED) is 0.590. The molecule has 3 aromatic carbocycles. The number of nitrogens with one attached hydrogen (secondary N) is 1. The van der Waals surface area contributed by atoms with Gasteiger partial charge >= 0.3 is 0 Å². The maximum absolute atomic E-state index is 14.8. The van der Waals surface area contributed by atoms with Crippen molar-refractivity contribution in [2.75, 3.05) is 11.0 Å². The van der Waals surface area contributed by atoms with Crippen molar-refractivity contribution < 1.29 is 17.2 Å². The van der Waals surface area contributed by atoms with Gasteiger partial charge in [0.1, 0.15) is 11.6 Å². The smallest absolute Gasteiger partial charge is 0.229 e. The third-order valence-electron chi connectivity index (χ3n) is 4.91. The standard InChI is InChI=1S/C24H19F2NO2S/c1-30(28,29)27-20-7-4-5-16(13-20)9-12-22-21-8-3-2-6-17(21)10-11-18-14-19(25)15-23(26)24(18)22/h2-9,13-15,27H,10-11H2,1H3. The Hall–Kier alpha value is -3.21. The van der Waals surface area contributed by atoms with E-state index in [4.69, 9.17) is 0 Å². The first kappa shape index (κ1) is 20.1. The Morgan fingerprint density at radius 2 is 1.73 bits per heavy atom. The largest absolute Gasteiger partial charge is 0.284 e. The third-order valence-corrected chi connectivity index (χ3v) is 5.52. The van der Waals surface area contributed by atoms with E-state index >= 15 is 0 Å². The minimum absolute atomic E-state index is 0.350. The minimum Gasteiger partial charge on any atom is -0.284 e. The van der Waals surface area contributed by atoms with Crippen molar-refractivity contribution in [3.63, 3.8) is 0 Å². The number of hydrogen-bond donors (Lipinski definition) is 1. The second kappa shape index (κ2) is 7.90. The van der Waals surface area contributed by atoms with E-state index in [9.17, 15) is 17.2 Å². The fourth-order valence-electron chi connectivity index (χ4n) is 3.70. The number of fused-ring (bicyclic) bond motifs is 2. The van der Waals surface area contributed by atoms with E-state index in [1.165, 1.54) is 6.07 Å². The van der Waals surface area contributed by atoms with Crippen LogP contribution in [0.5, 0.6) is 0 Å². The molecule has 0 bridgehead atoms. The molecule has 3 aromatic rings. The molecule has 0 aliphatic heterocycles. The predicted octanol–water partition coefficient (Wildman–Crippen LogP) is 5.18. The molecule has 30 heavy (non-hydrogen) atoms. The molecule has 0 atom stereocenters. The van der Waals surface area contributed by atoms with Gasteiger partial charge in [0.2, 0.25) is 10.0 Å². The molecule has 1 aliphatic rings. The van der Waals surface area contributed by atoms with Gasteiger partial charge in [-0.05, 0) is 59.4 Å². The van der Waals surface area contributed by atoms with E-state index in [1.807, 2.05) is 24.3 Å². The first-order chi connectivity index (χ1) is 14.3. The van der Waals surface area contributed by atoms with Gasteiger partial charge in [-0.1, -0.05) is 36.4 Å². The number of halogens is 2. The fourth-order valence-corrected chi connectivity index (χ4v) is 4.26. The Morgan fingerprint density at radius 1 is 0.967 bits per heavy atom. The maximum atomic E-state index is 14.8. The van der Waals surface area contributed by atoms with Gasteiger partial charge in [0.15, 0.2) is 0 Å². The zero-order chi connectivity index (χ0) is 21.3. The van der Waals surface area contributed by atoms with Crippen molar-refractivity contribution in [2.24, 2.45) is 0 Å². The summed E-state index contributed by atoms with van der Waals surface area (Å²) in [6.45, 7) is 0. The van der Waals surface area contributed by atoms with Gasteiger partial charge in [-0.2, -0.15) is 0 Å². The van der Waals surface area contributed by atoms with Crippen LogP contribution in [0.2, 0.25) is 0 Å². The number of sulfonamides is 1. The first-order valence-corrected chi connectivity index (χ1v) is 11.3. The highest BCUT2D eigenvalue weighted by molar-refractivity contribution is 7.92. The molecule has 0 saturated heterocycles. The van der Waals surface area contributed by atoms with Crippen molar-refractivity contribution in [1.82, 2.24) is 0 Å². The monoisotopic (exact) mass is 423 g/mol. The number of rotatable bonds is 3. The Labute approximate surface area is 174 Å². The molecule has 152 valence electrons. The van der Waals surface area contributed by atoms with Crippen LogP contribution in [0.4, 0.5) is 14.5 Å². The lowest BCUT2D eigenvalue weighted by molar-refractivity contribution is 0.577. The molecule has 1 N–H and O–H groups in total. The molecule has 0 aromatic heterocycles. The predicted molar refractivity (Wildman–Crippen MR) is 116 cm³/mol. The van der Waals surface area contributed by atoms with E-state index in [-0.39, 0.29) is 0 Å². The summed E-state index contributed by atoms with van der Waals surface area (Å²) in [5.74, 6) is -1.22. The van der Waals surface area contributed by atoms with Crippen molar-refractivity contribution in [3.05, 3.63) is 106 Å². The molecule has 0 unspecified atom stereocenters. The molecular formula is C24H19F2NO2S. The normalized spacial score (nSPS) is 13.0. The molecular weight excluding hydrogens is 404 g/mol. The van der Waals surface area contributed by atoms with E-state index in [1.54, 1.807) is 30.3 Å². The van der Waals surface area contributed by atoms with Crippen molar-refractivity contribution >= 4 is 27.4 Å². The molecule has 3 nitrogen and oxygen atoms in total. The second-order valence-corrected chi connectivity index (χ2v) is 8.99. The van der Waals surface area contributed by atoms with Crippen LogP contribution in [-0.2, 0) is 22.9 Å². The average Bonchev–Trinajstić information content (AvgIpc) is 2.82. The van der Waals surface area contributed by atoms with Crippen LogP contribution >= 0.6 is 0 Å². The SMILES string of the molecule is CS(=O)(=O)Nc1cccc(C=C=C2c3ccccc3CCc3cc(F)cc(F)c32)c1. The minimum atomic E-state index is -3.40. The summed E-state index contributed by atoms with van der Waals surface area (Å²) < 4.78 is 54.1. The third kappa shape index (κ3) is 4.35. The molecule has 0 spiro atoms. The van der Waals surface area contributed by atoms with E-state index in [0.717, 1.165) is 23.4 Å². The maximum Gasteiger partial charge on any atom is 0.229 e. The van der Waals surface area contributed by atoms with Gasteiger partial charge in [-0.25, -0.2) is 17.2 Å². The summed E-state index contributed by atoms with van der Waals surface area (Å²) in [4.78, 5) is 0. The number of benzene rings is 3. The molecule has 4 rings (SSSR count). The zero-order valence-corrected chi connectivity index (χ0v) is 17.1. The fraction of sp³-hybridized carbons (Fsp3) is 0.125. The van der Waals surface area contributed by atoms with Crippen molar-refractivity contribution in [3.8, 4) is 0 Å². The summed E-state index contributed by atoms with van der Waals surface area (Å²) in [5, 5.41) is 0. The van der Waals surface area contributed by atoms with Crippen LogP contribution in [0, 0.1) is 11.6 Å². The molecule has 0 heterocycles. The van der Waals surface area contributed by atoms with Crippen LogP contribution in [0.25, 0.3) is 11.6 Å². The highest BCUT2D eigenvalue weighted by Gasteiger charge is 2.22. The van der Waals surface area contributed by atoms with E-state index in [2.05, 4.69) is 10.5 Å². The summed E-state index contributed by atoms with van der Waals surface area (Å²) in [5.41, 5.74) is 7.71. The summed E-state index contributed by atoms with van der Waals surface area (Å²) >= 11 is 0. The molecule has 0 saturated carbocycles. The van der Waals surface area contributed by atoms with Gasteiger partial charge in [0.25, 0.3) is 0 Å². The van der Waals surface area contributed by atoms with Gasteiger partial charge in [0, 0.05) is 22.9 Å². The second-order valence-electron chi connectivity index (χ2n) is 7.24. The Balaban J connectivity index is 1.90. The molecule has 0 amide bonds. The van der Waals surface area contributed by atoms with Crippen LogP contribution in [0.3, 0.4) is 0 Å². The Bertz CT molecular complexity index is 1310. The van der Waals surface area contributed by atoms with Gasteiger partial charge in [-0.3, -0.25) is 4.72 Å². The summed E-state index contributed by atoms with van der Waals surface area (Å²) in [7, 11) is -3.40. The van der Waals surface area contributed by atoms with Crippen molar-refractivity contribution in [1.29, 1.82) is 0 Å². The lowest BCUT2D eigenvalue weighted by Crippen LogP contribution is -2.09. The number of aryl methyl sites for hydroxylation is 2. The molecule has 6 heteroatoms. The zero-order valence-electron chi connectivity index (χ0n) is 16.2. The summed E-state index contributed by atoms with van der Waals surface area (Å²) in [6, 6.07) is 16.8. The van der Waals surface area contributed by atoms with E-state index in [0.29, 0.717) is 40.8 Å². The van der Waals surface area contributed by atoms with Crippen LogP contribution in [0.15, 0.2) is 66.4 Å². The lowest BCUT2D eigenvalue weighted by Gasteiger charge is -2.11.